The second-order valence-electron chi connectivity index (χ2n) is 3.07. The first-order valence-corrected chi connectivity index (χ1v) is 3.84. The number of alkyl halides is 1. The van der Waals surface area contributed by atoms with E-state index in [2.05, 4.69) is 0 Å². The molecule has 0 aromatic heterocycles. The fourth-order valence-corrected chi connectivity index (χ4v) is 1.50. The van der Waals surface area contributed by atoms with Crippen molar-refractivity contribution >= 4 is 5.78 Å². The van der Waals surface area contributed by atoms with Crippen LogP contribution in [0, 0.1) is 5.92 Å². The van der Waals surface area contributed by atoms with E-state index in [4.69, 9.17) is 0 Å². The van der Waals surface area contributed by atoms with Crippen molar-refractivity contribution in [2.45, 2.75) is 38.8 Å². The molecule has 1 nitrogen and oxygen atoms in total. The fourth-order valence-electron chi connectivity index (χ4n) is 1.50. The zero-order valence-electron chi connectivity index (χ0n) is 6.27. The Morgan fingerprint density at radius 2 is 2.20 bits per heavy atom. The van der Waals surface area contributed by atoms with Gasteiger partial charge in [-0.15, -0.1) is 0 Å². The van der Waals surface area contributed by atoms with E-state index in [0.717, 1.165) is 12.8 Å². The summed E-state index contributed by atoms with van der Waals surface area (Å²) in [5.74, 6) is 0.172. The molecule has 0 radical (unpaired) electrons. The number of carbonyl (C=O) groups is 1. The Morgan fingerprint density at radius 3 is 2.60 bits per heavy atom. The maximum absolute atomic E-state index is 12.6. The van der Waals surface area contributed by atoms with Gasteiger partial charge in [0.15, 0.2) is 0 Å². The van der Waals surface area contributed by atoms with E-state index in [1.807, 2.05) is 0 Å². The number of Topliss-reactive ketones (excluding diaryl/α,β-unsaturated/α-hetero) is 1. The molecule has 1 fully saturated rings. The highest BCUT2D eigenvalue weighted by molar-refractivity contribution is 5.78. The minimum Gasteiger partial charge on any atom is -0.300 e. The van der Waals surface area contributed by atoms with Gasteiger partial charge in [-0.3, -0.25) is 4.79 Å². The van der Waals surface area contributed by atoms with Gasteiger partial charge in [-0.25, -0.2) is 4.39 Å². The normalized spacial score (nSPS) is 33.8. The summed E-state index contributed by atoms with van der Waals surface area (Å²) in [6.07, 6.45) is 2.18. The number of rotatable bonds is 1. The van der Waals surface area contributed by atoms with Crippen LogP contribution in [0.25, 0.3) is 0 Å². The first-order valence-electron chi connectivity index (χ1n) is 3.84. The highest BCUT2D eigenvalue weighted by Gasteiger charge is 2.23. The second kappa shape index (κ2) is 3.13. The smallest absolute Gasteiger partial charge is 0.133 e. The minimum absolute atomic E-state index is 0.0174. The number of hydrogen-bond donors (Lipinski definition) is 0. The van der Waals surface area contributed by atoms with Crippen molar-refractivity contribution in [2.75, 3.05) is 0 Å². The molecule has 2 atom stereocenters. The van der Waals surface area contributed by atoms with Crippen molar-refractivity contribution in [1.82, 2.24) is 0 Å². The van der Waals surface area contributed by atoms with Crippen LogP contribution in [0.1, 0.15) is 32.6 Å². The Kier molecular flexibility index (Phi) is 2.41. The Labute approximate surface area is 60.6 Å². The van der Waals surface area contributed by atoms with Crippen molar-refractivity contribution in [3.63, 3.8) is 0 Å². The Hall–Kier alpha value is -0.400. The Morgan fingerprint density at radius 1 is 1.50 bits per heavy atom. The van der Waals surface area contributed by atoms with Crippen molar-refractivity contribution in [3.05, 3.63) is 0 Å². The summed E-state index contributed by atoms with van der Waals surface area (Å²) >= 11 is 0. The predicted molar refractivity (Wildman–Crippen MR) is 37.5 cm³/mol. The summed E-state index contributed by atoms with van der Waals surface area (Å²) in [6, 6.07) is 0. The molecule has 2 unspecified atom stereocenters. The lowest BCUT2D eigenvalue weighted by atomic mass is 9.86. The molecule has 1 aliphatic carbocycles. The lowest BCUT2D eigenvalue weighted by Crippen LogP contribution is -2.21. The lowest BCUT2D eigenvalue weighted by molar-refractivity contribution is -0.122. The van der Waals surface area contributed by atoms with Gasteiger partial charge in [0, 0.05) is 5.92 Å². The third-order valence-corrected chi connectivity index (χ3v) is 2.19. The van der Waals surface area contributed by atoms with E-state index in [9.17, 15) is 9.18 Å². The molecule has 0 aliphatic heterocycles. The van der Waals surface area contributed by atoms with Crippen molar-refractivity contribution < 1.29 is 9.18 Å². The standard InChI is InChI=1S/C8H13FO/c1-6(10)7-3-2-4-8(9)5-7/h7-8H,2-5H2,1H3. The third kappa shape index (κ3) is 1.79. The number of hydrogen-bond acceptors (Lipinski definition) is 1. The molecule has 1 aliphatic rings. The number of ketones is 1. The van der Waals surface area contributed by atoms with Crippen molar-refractivity contribution in [2.24, 2.45) is 5.92 Å². The van der Waals surface area contributed by atoms with Crippen LogP contribution in [-0.4, -0.2) is 12.0 Å². The first kappa shape index (κ1) is 7.70. The molecule has 0 N–H and O–H groups in total. The van der Waals surface area contributed by atoms with Gasteiger partial charge in [0.2, 0.25) is 0 Å². The maximum atomic E-state index is 12.6. The van der Waals surface area contributed by atoms with Gasteiger partial charge in [0.05, 0.1) is 0 Å². The van der Waals surface area contributed by atoms with Gasteiger partial charge in [0.1, 0.15) is 12.0 Å². The molecule has 0 aromatic carbocycles. The van der Waals surface area contributed by atoms with Gasteiger partial charge >= 0.3 is 0 Å². The van der Waals surface area contributed by atoms with Crippen LogP contribution in [0.5, 0.6) is 0 Å². The summed E-state index contributed by atoms with van der Waals surface area (Å²) in [5, 5.41) is 0. The van der Waals surface area contributed by atoms with Gasteiger partial charge in [-0.1, -0.05) is 0 Å². The van der Waals surface area contributed by atoms with Crippen LogP contribution < -0.4 is 0 Å². The largest absolute Gasteiger partial charge is 0.300 e. The van der Waals surface area contributed by atoms with Crippen LogP contribution in [0.2, 0.25) is 0 Å². The topological polar surface area (TPSA) is 17.1 Å². The van der Waals surface area contributed by atoms with Crippen molar-refractivity contribution in [3.8, 4) is 0 Å². The number of carbonyl (C=O) groups excluding carboxylic acids is 1. The van der Waals surface area contributed by atoms with E-state index in [0.29, 0.717) is 12.8 Å². The highest BCUT2D eigenvalue weighted by Crippen LogP contribution is 2.26. The molecule has 0 aromatic rings. The SMILES string of the molecule is CC(=O)C1CCCC(F)C1. The van der Waals surface area contributed by atoms with E-state index >= 15 is 0 Å². The van der Waals surface area contributed by atoms with Crippen molar-refractivity contribution in [1.29, 1.82) is 0 Å². The van der Waals surface area contributed by atoms with Crippen LogP contribution >= 0.6 is 0 Å². The van der Waals surface area contributed by atoms with Crippen LogP contribution in [0.15, 0.2) is 0 Å². The predicted octanol–water partition coefficient (Wildman–Crippen LogP) is 2.10. The molecule has 0 amide bonds. The van der Waals surface area contributed by atoms with Gasteiger partial charge in [-0.05, 0) is 32.6 Å². The summed E-state index contributed by atoms with van der Waals surface area (Å²) in [7, 11) is 0. The molecule has 2 heteroatoms. The molecule has 0 spiro atoms. The fraction of sp³-hybridized carbons (Fsp3) is 0.875. The molecular weight excluding hydrogens is 131 g/mol. The Bertz CT molecular complexity index is 133. The van der Waals surface area contributed by atoms with E-state index in [1.165, 1.54) is 0 Å². The van der Waals surface area contributed by atoms with E-state index < -0.39 is 6.17 Å². The average molecular weight is 144 g/mol. The summed E-state index contributed by atoms with van der Waals surface area (Å²) in [6.45, 7) is 1.56. The molecule has 1 saturated carbocycles. The molecule has 10 heavy (non-hydrogen) atoms. The zero-order chi connectivity index (χ0) is 7.56. The van der Waals surface area contributed by atoms with Crippen LogP contribution in [-0.2, 0) is 4.79 Å². The molecule has 0 bridgehead atoms. The monoisotopic (exact) mass is 144 g/mol. The molecule has 1 rings (SSSR count). The molecule has 0 saturated heterocycles. The lowest BCUT2D eigenvalue weighted by Gasteiger charge is -2.21. The highest BCUT2D eigenvalue weighted by atomic mass is 19.1. The molecule has 58 valence electrons. The zero-order valence-corrected chi connectivity index (χ0v) is 6.27. The Balaban J connectivity index is 2.39. The minimum atomic E-state index is -0.720. The number of halogens is 1. The summed E-state index contributed by atoms with van der Waals surface area (Å²) in [5.41, 5.74) is 0. The van der Waals surface area contributed by atoms with Crippen LogP contribution in [0.4, 0.5) is 4.39 Å². The molecular formula is C8H13FO. The van der Waals surface area contributed by atoms with Gasteiger partial charge in [0.25, 0.3) is 0 Å². The summed E-state index contributed by atoms with van der Waals surface area (Å²) in [4.78, 5) is 10.8. The quantitative estimate of drug-likeness (QED) is 0.550. The van der Waals surface area contributed by atoms with E-state index in [-0.39, 0.29) is 11.7 Å². The third-order valence-electron chi connectivity index (χ3n) is 2.19. The second-order valence-corrected chi connectivity index (χ2v) is 3.07. The van der Waals surface area contributed by atoms with Gasteiger partial charge < -0.3 is 0 Å². The summed E-state index contributed by atoms with van der Waals surface area (Å²) < 4.78 is 12.6. The van der Waals surface area contributed by atoms with Gasteiger partial charge in [-0.2, -0.15) is 0 Å². The molecule has 0 heterocycles. The maximum Gasteiger partial charge on any atom is 0.133 e. The van der Waals surface area contributed by atoms with Crippen LogP contribution in [0.3, 0.4) is 0 Å². The van der Waals surface area contributed by atoms with E-state index in [1.54, 1.807) is 6.92 Å². The first-order chi connectivity index (χ1) is 4.70. The average Bonchev–Trinajstić information content (AvgIpc) is 1.88.